The van der Waals surface area contributed by atoms with Crippen LogP contribution in [0.15, 0.2) is 18.2 Å². The van der Waals surface area contributed by atoms with Gasteiger partial charge in [0.1, 0.15) is 0 Å². The van der Waals surface area contributed by atoms with Crippen molar-refractivity contribution in [3.63, 3.8) is 0 Å². The average molecular weight is 146 g/mol. The van der Waals surface area contributed by atoms with E-state index in [1.165, 1.54) is 0 Å². The number of fused-ring (bicyclic) bond motifs is 1. The molecule has 0 spiro atoms. The van der Waals surface area contributed by atoms with Gasteiger partial charge in [-0.1, -0.05) is 6.07 Å². The number of hydrogen-bond acceptors (Lipinski definition) is 1. The van der Waals surface area contributed by atoms with Gasteiger partial charge >= 0.3 is 0 Å². The zero-order valence-corrected chi connectivity index (χ0v) is 6.29. The molecule has 0 aromatic heterocycles. The van der Waals surface area contributed by atoms with Crippen molar-refractivity contribution in [2.75, 3.05) is 11.9 Å². The molecule has 0 N–H and O–H groups in total. The highest BCUT2D eigenvalue weighted by Crippen LogP contribution is 2.25. The van der Waals surface area contributed by atoms with Crippen LogP contribution in [0, 0.1) is 6.07 Å². The molecule has 1 aliphatic rings. The van der Waals surface area contributed by atoms with Gasteiger partial charge in [-0.3, -0.25) is 4.79 Å². The molecule has 0 bridgehead atoms. The predicted octanol–water partition coefficient (Wildman–Crippen LogP) is 1.01. The van der Waals surface area contributed by atoms with Crippen LogP contribution in [0.4, 0.5) is 5.69 Å². The third-order valence-electron chi connectivity index (χ3n) is 2.00. The maximum Gasteiger partial charge on any atom is 0.231 e. The number of rotatable bonds is 0. The van der Waals surface area contributed by atoms with Crippen molar-refractivity contribution in [1.29, 1.82) is 0 Å². The summed E-state index contributed by atoms with van der Waals surface area (Å²) in [4.78, 5) is 12.8. The molecule has 11 heavy (non-hydrogen) atoms. The molecule has 1 radical (unpaired) electrons. The maximum atomic E-state index is 11.1. The number of amides is 1. The molecule has 1 amide bonds. The second-order valence-corrected chi connectivity index (χ2v) is 2.68. The van der Waals surface area contributed by atoms with E-state index in [0.717, 1.165) is 11.3 Å². The molecule has 1 aromatic rings. The standard InChI is InChI=1S/C9H8NO/c1-10-8-5-3-2-4-7(8)6-9(10)11/h3-5H,6H2,1H3. The quantitative estimate of drug-likeness (QED) is 0.534. The number of likely N-dealkylation sites (N-methyl/N-ethyl adjacent to an activating group) is 1. The summed E-state index contributed by atoms with van der Waals surface area (Å²) in [5.74, 6) is 0.166. The molecule has 0 atom stereocenters. The Bertz CT molecular complexity index is 306. The molecular formula is C9H8NO. The van der Waals surface area contributed by atoms with E-state index >= 15 is 0 Å². The van der Waals surface area contributed by atoms with Gasteiger partial charge in [-0.25, -0.2) is 0 Å². The minimum atomic E-state index is 0.166. The maximum absolute atomic E-state index is 11.1. The predicted molar refractivity (Wildman–Crippen MR) is 42.4 cm³/mol. The zero-order chi connectivity index (χ0) is 7.84. The second-order valence-electron chi connectivity index (χ2n) is 2.68. The van der Waals surface area contributed by atoms with Gasteiger partial charge in [0.05, 0.1) is 6.42 Å². The summed E-state index contributed by atoms with van der Waals surface area (Å²) in [5, 5.41) is 0. The smallest absolute Gasteiger partial charge is 0.231 e. The van der Waals surface area contributed by atoms with Gasteiger partial charge in [-0.05, 0) is 23.8 Å². The highest BCUT2D eigenvalue weighted by atomic mass is 16.2. The van der Waals surface area contributed by atoms with Crippen LogP contribution in [-0.2, 0) is 11.2 Å². The third kappa shape index (κ3) is 0.827. The van der Waals surface area contributed by atoms with E-state index in [2.05, 4.69) is 6.07 Å². The molecule has 0 saturated carbocycles. The highest BCUT2D eigenvalue weighted by molar-refractivity contribution is 6.00. The lowest BCUT2D eigenvalue weighted by molar-refractivity contribution is -0.117. The Balaban J connectivity index is 2.55. The molecule has 0 unspecified atom stereocenters. The first-order valence-electron chi connectivity index (χ1n) is 3.54. The monoisotopic (exact) mass is 146 g/mol. The van der Waals surface area contributed by atoms with E-state index in [4.69, 9.17) is 0 Å². The lowest BCUT2D eigenvalue weighted by Gasteiger charge is -2.08. The van der Waals surface area contributed by atoms with Crippen LogP contribution in [0.5, 0.6) is 0 Å². The van der Waals surface area contributed by atoms with Crippen molar-refractivity contribution in [3.8, 4) is 0 Å². The van der Waals surface area contributed by atoms with Crippen molar-refractivity contribution in [1.82, 2.24) is 0 Å². The number of anilines is 1. The highest BCUT2D eigenvalue weighted by Gasteiger charge is 2.22. The number of benzene rings is 1. The Morgan fingerprint density at radius 3 is 3.18 bits per heavy atom. The molecule has 1 aromatic carbocycles. The molecule has 1 heterocycles. The summed E-state index contributed by atoms with van der Waals surface area (Å²) >= 11 is 0. The normalized spacial score (nSPS) is 15.4. The lowest BCUT2D eigenvalue weighted by Crippen LogP contribution is -2.20. The average Bonchev–Trinajstić information content (AvgIpc) is 2.30. The van der Waals surface area contributed by atoms with E-state index < -0.39 is 0 Å². The Morgan fingerprint density at radius 1 is 1.64 bits per heavy atom. The molecule has 2 rings (SSSR count). The Hall–Kier alpha value is -1.31. The first kappa shape index (κ1) is 6.40. The fraction of sp³-hybridized carbons (Fsp3) is 0.222. The minimum absolute atomic E-state index is 0.166. The van der Waals surface area contributed by atoms with Crippen LogP contribution in [0.3, 0.4) is 0 Å². The third-order valence-corrected chi connectivity index (χ3v) is 2.00. The van der Waals surface area contributed by atoms with Gasteiger partial charge in [0.25, 0.3) is 0 Å². The fourth-order valence-corrected chi connectivity index (χ4v) is 1.34. The molecular weight excluding hydrogens is 138 g/mol. The molecule has 2 nitrogen and oxygen atoms in total. The zero-order valence-electron chi connectivity index (χ0n) is 6.29. The first-order chi connectivity index (χ1) is 5.29. The summed E-state index contributed by atoms with van der Waals surface area (Å²) in [7, 11) is 1.80. The van der Waals surface area contributed by atoms with Crippen molar-refractivity contribution < 1.29 is 4.79 Å². The summed E-state index contributed by atoms with van der Waals surface area (Å²) in [6, 6.07) is 8.57. The van der Waals surface area contributed by atoms with Crippen LogP contribution >= 0.6 is 0 Å². The summed E-state index contributed by atoms with van der Waals surface area (Å²) in [6.45, 7) is 0. The largest absolute Gasteiger partial charge is 0.315 e. The summed E-state index contributed by atoms with van der Waals surface area (Å²) in [5.41, 5.74) is 2.11. The van der Waals surface area contributed by atoms with Gasteiger partial charge in [-0.15, -0.1) is 0 Å². The van der Waals surface area contributed by atoms with Gasteiger partial charge < -0.3 is 4.90 Å². The molecule has 1 aliphatic heterocycles. The lowest BCUT2D eigenvalue weighted by atomic mass is 10.2. The van der Waals surface area contributed by atoms with Crippen LogP contribution in [0.1, 0.15) is 5.56 Å². The molecule has 2 heteroatoms. The van der Waals surface area contributed by atoms with Crippen molar-refractivity contribution >= 4 is 11.6 Å². The van der Waals surface area contributed by atoms with Crippen LogP contribution in [-0.4, -0.2) is 13.0 Å². The van der Waals surface area contributed by atoms with E-state index in [0.29, 0.717) is 6.42 Å². The van der Waals surface area contributed by atoms with E-state index in [9.17, 15) is 4.79 Å². The Kier molecular flexibility index (Phi) is 1.22. The van der Waals surface area contributed by atoms with Crippen LogP contribution in [0.25, 0.3) is 0 Å². The molecule has 0 aliphatic carbocycles. The van der Waals surface area contributed by atoms with Crippen molar-refractivity contribution in [2.24, 2.45) is 0 Å². The number of carbonyl (C=O) groups is 1. The summed E-state index contributed by atoms with van der Waals surface area (Å²) < 4.78 is 0. The molecule has 55 valence electrons. The van der Waals surface area contributed by atoms with E-state index in [1.807, 2.05) is 18.2 Å². The van der Waals surface area contributed by atoms with Crippen molar-refractivity contribution in [2.45, 2.75) is 6.42 Å². The minimum Gasteiger partial charge on any atom is -0.315 e. The Morgan fingerprint density at radius 2 is 2.45 bits per heavy atom. The van der Waals surface area contributed by atoms with E-state index in [1.54, 1.807) is 11.9 Å². The second kappa shape index (κ2) is 2.09. The van der Waals surface area contributed by atoms with Gasteiger partial charge in [0, 0.05) is 12.7 Å². The summed E-state index contributed by atoms with van der Waals surface area (Å²) in [6.07, 6.45) is 0.531. The first-order valence-corrected chi connectivity index (χ1v) is 3.54. The topological polar surface area (TPSA) is 20.3 Å². The van der Waals surface area contributed by atoms with Gasteiger partial charge in [-0.2, -0.15) is 0 Å². The van der Waals surface area contributed by atoms with Gasteiger partial charge in [0.15, 0.2) is 0 Å². The number of hydrogen-bond donors (Lipinski definition) is 0. The molecule has 0 saturated heterocycles. The SMILES string of the molecule is CN1C(=O)Cc2c[c]ccc21. The molecule has 0 fully saturated rings. The Labute approximate surface area is 65.4 Å². The number of nitrogens with zero attached hydrogens (tertiary/aromatic N) is 1. The van der Waals surface area contributed by atoms with E-state index in [-0.39, 0.29) is 5.91 Å². The fourth-order valence-electron chi connectivity index (χ4n) is 1.34. The van der Waals surface area contributed by atoms with Crippen molar-refractivity contribution in [3.05, 3.63) is 29.8 Å². The van der Waals surface area contributed by atoms with Crippen LogP contribution in [0.2, 0.25) is 0 Å². The number of carbonyl (C=O) groups excluding carboxylic acids is 1. The van der Waals surface area contributed by atoms with Crippen LogP contribution < -0.4 is 4.90 Å². The van der Waals surface area contributed by atoms with Gasteiger partial charge in [0.2, 0.25) is 5.91 Å².